The fraction of sp³-hybridized carbons (Fsp3) is 0.333. The first-order valence-electron chi connectivity index (χ1n) is 8.20. The van der Waals surface area contributed by atoms with Gasteiger partial charge in [0, 0.05) is 25.0 Å². The Bertz CT molecular complexity index is 703. The normalized spacial score (nSPS) is 15.6. The molecule has 3 rings (SSSR count). The zero-order valence-corrected chi connectivity index (χ0v) is 13.6. The van der Waals surface area contributed by atoms with E-state index < -0.39 is 11.7 Å². The zero-order valence-electron chi connectivity index (χ0n) is 13.6. The average molecular weight is 348 g/mol. The van der Waals surface area contributed by atoms with Crippen molar-refractivity contribution in [2.75, 3.05) is 23.4 Å². The Morgan fingerprint density at radius 1 is 1.00 bits per heavy atom. The van der Waals surface area contributed by atoms with E-state index in [4.69, 9.17) is 0 Å². The van der Waals surface area contributed by atoms with Crippen molar-refractivity contribution in [3.05, 3.63) is 53.7 Å². The maximum atomic E-state index is 12.5. The van der Waals surface area contributed by atoms with Crippen LogP contribution in [-0.4, -0.2) is 24.3 Å². The van der Waals surface area contributed by atoms with Gasteiger partial charge in [0.05, 0.1) is 11.8 Å². The summed E-state index contributed by atoms with van der Waals surface area (Å²) < 4.78 is 37.4. The molecule has 7 heteroatoms. The number of nitrogens with one attached hydrogen (secondary N) is 1. The first-order chi connectivity index (χ1) is 12.0. The van der Waals surface area contributed by atoms with Gasteiger partial charge in [0.2, 0.25) is 0 Å². The van der Waals surface area contributed by atoms with Gasteiger partial charge < -0.3 is 4.90 Å². The van der Waals surface area contributed by atoms with E-state index in [-0.39, 0.29) is 5.82 Å². The van der Waals surface area contributed by atoms with E-state index in [1.807, 2.05) is 12.1 Å². The smallest absolute Gasteiger partial charge is 0.372 e. The van der Waals surface area contributed by atoms with Gasteiger partial charge in [-0.05, 0) is 49.1 Å². The Morgan fingerprint density at radius 3 is 2.32 bits per heavy atom. The van der Waals surface area contributed by atoms with Crippen LogP contribution in [0.2, 0.25) is 0 Å². The summed E-state index contributed by atoms with van der Waals surface area (Å²) in [5.74, 6) is 0.259. The highest BCUT2D eigenvalue weighted by atomic mass is 19.4. The van der Waals surface area contributed by atoms with E-state index >= 15 is 0 Å². The minimum atomic E-state index is -4.38. The lowest BCUT2D eigenvalue weighted by atomic mass is 10.1. The van der Waals surface area contributed by atoms with Gasteiger partial charge >= 0.3 is 6.18 Å². The molecule has 25 heavy (non-hydrogen) atoms. The molecule has 1 aromatic carbocycles. The lowest BCUT2D eigenvalue weighted by molar-refractivity contribution is -0.137. The van der Waals surface area contributed by atoms with Gasteiger partial charge in [0.15, 0.2) is 0 Å². The summed E-state index contributed by atoms with van der Waals surface area (Å²) in [6.07, 6.45) is 1.76. The van der Waals surface area contributed by atoms with Gasteiger partial charge in [-0.25, -0.2) is 4.98 Å². The first kappa shape index (κ1) is 17.3. The predicted octanol–water partition coefficient (Wildman–Crippen LogP) is 4.54. The van der Waals surface area contributed by atoms with Crippen molar-refractivity contribution in [1.29, 1.82) is 0 Å². The number of hydrogen-bond donors (Lipinski definition) is 1. The third-order valence-electron chi connectivity index (χ3n) is 4.10. The Hall–Kier alpha value is -2.57. The van der Waals surface area contributed by atoms with Crippen molar-refractivity contribution in [1.82, 2.24) is 4.98 Å². The maximum Gasteiger partial charge on any atom is 0.417 e. The molecule has 0 spiro atoms. The number of halogens is 3. The highest BCUT2D eigenvalue weighted by Crippen LogP contribution is 2.28. The number of anilines is 2. The molecule has 0 aliphatic carbocycles. The fourth-order valence-corrected chi connectivity index (χ4v) is 2.72. The Balaban J connectivity index is 1.57. The second kappa shape index (κ2) is 7.55. The molecule has 0 amide bonds. The number of rotatable bonds is 4. The third-order valence-corrected chi connectivity index (χ3v) is 4.10. The van der Waals surface area contributed by atoms with Crippen molar-refractivity contribution >= 4 is 17.7 Å². The highest BCUT2D eigenvalue weighted by Gasteiger charge is 2.30. The van der Waals surface area contributed by atoms with Crippen LogP contribution in [0, 0.1) is 0 Å². The largest absolute Gasteiger partial charge is 0.417 e. The molecule has 4 nitrogen and oxygen atoms in total. The predicted molar refractivity (Wildman–Crippen MR) is 93.0 cm³/mol. The van der Waals surface area contributed by atoms with Crippen LogP contribution in [0.4, 0.5) is 24.7 Å². The second-order valence-corrected chi connectivity index (χ2v) is 5.94. The van der Waals surface area contributed by atoms with Crippen LogP contribution < -0.4 is 10.3 Å². The van der Waals surface area contributed by atoms with E-state index in [1.165, 1.54) is 31.0 Å². The Morgan fingerprint density at radius 2 is 1.72 bits per heavy atom. The topological polar surface area (TPSA) is 40.5 Å². The van der Waals surface area contributed by atoms with Crippen molar-refractivity contribution < 1.29 is 13.2 Å². The van der Waals surface area contributed by atoms with Crippen LogP contribution in [0.3, 0.4) is 0 Å². The summed E-state index contributed by atoms with van der Waals surface area (Å²) in [5, 5.41) is 4.01. The summed E-state index contributed by atoms with van der Waals surface area (Å²) in [5.41, 5.74) is 3.95. The van der Waals surface area contributed by atoms with Gasteiger partial charge in [-0.15, -0.1) is 0 Å². The quantitative estimate of drug-likeness (QED) is 0.652. The number of hydrogen-bond acceptors (Lipinski definition) is 4. The van der Waals surface area contributed by atoms with Crippen molar-refractivity contribution in [2.24, 2.45) is 5.10 Å². The minimum Gasteiger partial charge on any atom is -0.372 e. The van der Waals surface area contributed by atoms with Gasteiger partial charge in [-0.2, -0.15) is 18.3 Å². The standard InChI is InChI=1S/C18H19F3N4/c19-18(20,21)15-6-9-17(22-13-15)24-23-12-14-4-7-16(8-5-14)25-10-2-1-3-11-25/h4-9,12-13H,1-3,10-11H2,(H,22,24)/b23-12-. The zero-order chi connectivity index (χ0) is 17.7. The van der Waals surface area contributed by atoms with Crippen molar-refractivity contribution in [3.63, 3.8) is 0 Å². The SMILES string of the molecule is FC(F)(F)c1ccc(N/N=C\c2ccc(N3CCCCC3)cc2)nc1. The number of aromatic nitrogens is 1. The van der Waals surface area contributed by atoms with Gasteiger partial charge in [-0.1, -0.05) is 12.1 Å². The van der Waals surface area contributed by atoms with Crippen LogP contribution in [0.15, 0.2) is 47.7 Å². The highest BCUT2D eigenvalue weighted by molar-refractivity contribution is 5.80. The fourth-order valence-electron chi connectivity index (χ4n) is 2.72. The minimum absolute atomic E-state index is 0.259. The first-order valence-corrected chi connectivity index (χ1v) is 8.20. The molecule has 1 fully saturated rings. The number of nitrogens with zero attached hydrogens (tertiary/aromatic N) is 3. The molecular formula is C18H19F3N4. The van der Waals surface area contributed by atoms with Gasteiger partial charge in [0.1, 0.15) is 5.82 Å². The Labute approximate surface area is 144 Å². The van der Waals surface area contributed by atoms with Crippen LogP contribution in [0.1, 0.15) is 30.4 Å². The van der Waals surface area contributed by atoms with Gasteiger partial charge in [0.25, 0.3) is 0 Å². The molecule has 1 saturated heterocycles. The average Bonchev–Trinajstić information content (AvgIpc) is 2.63. The molecular weight excluding hydrogens is 329 g/mol. The lowest BCUT2D eigenvalue weighted by Gasteiger charge is -2.28. The molecule has 0 atom stereocenters. The lowest BCUT2D eigenvalue weighted by Crippen LogP contribution is -2.29. The molecule has 2 heterocycles. The van der Waals surface area contributed by atoms with Crippen LogP contribution in [0.5, 0.6) is 0 Å². The molecule has 2 aromatic rings. The van der Waals surface area contributed by atoms with E-state index in [0.717, 1.165) is 30.9 Å². The molecule has 1 aromatic heterocycles. The summed E-state index contributed by atoms with van der Waals surface area (Å²) in [6, 6.07) is 10.3. The summed E-state index contributed by atoms with van der Waals surface area (Å²) in [7, 11) is 0. The molecule has 0 unspecified atom stereocenters. The van der Waals surface area contributed by atoms with E-state index in [0.29, 0.717) is 0 Å². The van der Waals surface area contributed by atoms with Gasteiger partial charge in [-0.3, -0.25) is 5.43 Å². The molecule has 132 valence electrons. The Kier molecular flexibility index (Phi) is 5.21. The molecule has 0 bridgehead atoms. The summed E-state index contributed by atoms with van der Waals surface area (Å²) in [4.78, 5) is 6.07. The van der Waals surface area contributed by atoms with Crippen LogP contribution in [-0.2, 0) is 6.18 Å². The van der Waals surface area contributed by atoms with E-state index in [2.05, 4.69) is 32.5 Å². The maximum absolute atomic E-state index is 12.5. The summed E-state index contributed by atoms with van der Waals surface area (Å²) >= 11 is 0. The van der Waals surface area contributed by atoms with Crippen LogP contribution in [0.25, 0.3) is 0 Å². The molecule has 1 aliphatic rings. The number of alkyl halides is 3. The number of benzene rings is 1. The molecule has 1 N–H and O–H groups in total. The van der Waals surface area contributed by atoms with Crippen molar-refractivity contribution in [3.8, 4) is 0 Å². The summed E-state index contributed by atoms with van der Waals surface area (Å²) in [6.45, 7) is 2.18. The van der Waals surface area contributed by atoms with E-state index in [9.17, 15) is 13.2 Å². The number of hydrazone groups is 1. The molecule has 0 radical (unpaired) electrons. The monoisotopic (exact) mass is 348 g/mol. The van der Waals surface area contributed by atoms with Crippen LogP contribution >= 0.6 is 0 Å². The molecule has 0 saturated carbocycles. The van der Waals surface area contributed by atoms with E-state index in [1.54, 1.807) is 6.21 Å². The number of pyridine rings is 1. The second-order valence-electron chi connectivity index (χ2n) is 5.94. The number of piperidine rings is 1. The van der Waals surface area contributed by atoms with Crippen molar-refractivity contribution in [2.45, 2.75) is 25.4 Å². The third kappa shape index (κ3) is 4.71. The molecule has 1 aliphatic heterocycles.